The second kappa shape index (κ2) is 12.4. The number of hydrogen-bond donors (Lipinski definition) is 2. The van der Waals surface area contributed by atoms with E-state index in [1.165, 1.54) is 0 Å². The van der Waals surface area contributed by atoms with E-state index in [2.05, 4.69) is 4.90 Å². The summed E-state index contributed by atoms with van der Waals surface area (Å²) in [5.41, 5.74) is 1.02. The number of nitrogens with zero attached hydrogens (tertiary/aromatic N) is 2. The van der Waals surface area contributed by atoms with Crippen LogP contribution in [-0.2, 0) is 34.8 Å². The van der Waals surface area contributed by atoms with Gasteiger partial charge in [0.15, 0.2) is 0 Å². The minimum absolute atomic E-state index is 0.0424. The van der Waals surface area contributed by atoms with E-state index in [-0.39, 0.29) is 18.4 Å². The number of sulfonamides is 1. The summed E-state index contributed by atoms with van der Waals surface area (Å²) < 4.78 is 37.3. The molecule has 0 spiro atoms. The molecule has 3 rings (SSSR count). The van der Waals surface area contributed by atoms with Gasteiger partial charge in [-0.3, -0.25) is 9.69 Å². The molecule has 2 aliphatic heterocycles. The van der Waals surface area contributed by atoms with Crippen molar-refractivity contribution in [1.82, 2.24) is 9.21 Å². The van der Waals surface area contributed by atoms with Gasteiger partial charge in [-0.25, -0.2) is 22.3 Å². The first-order valence-corrected chi connectivity index (χ1v) is 11.9. The number of carboxylic acids is 2. The number of carboxylic acid groups (broad SMARTS) is 2. The Hall–Kier alpha value is -2.80. The predicted octanol–water partition coefficient (Wildman–Crippen LogP) is 0.421. The average Bonchev–Trinajstić information content (AvgIpc) is 2.76. The van der Waals surface area contributed by atoms with Crippen LogP contribution >= 0.6 is 0 Å². The third kappa shape index (κ3) is 8.24. The highest BCUT2D eigenvalue weighted by Gasteiger charge is 2.37. The standard InChI is InChI=1S/C17H24N2O5S.C4H4O4/c1-2-24-15(11-18-7-9-23-10-8-18)12-19-17(20)16-6-4-3-5-14(16)13-25(19,21)22;5-3(6)1-2-4(7)8/h3-6,15H,2,7-13H2,1H3;1-2H,(H,5,6)(H,7,8). The van der Waals surface area contributed by atoms with Crippen LogP contribution in [0.4, 0.5) is 0 Å². The number of ether oxygens (including phenoxy) is 2. The molecule has 0 saturated carbocycles. The lowest BCUT2D eigenvalue weighted by molar-refractivity contribution is -0.134. The zero-order valence-corrected chi connectivity index (χ0v) is 19.1. The summed E-state index contributed by atoms with van der Waals surface area (Å²) in [5.74, 6) is -3.13. The van der Waals surface area contributed by atoms with Crippen LogP contribution in [0.25, 0.3) is 0 Å². The van der Waals surface area contributed by atoms with Gasteiger partial charge in [0.2, 0.25) is 10.0 Å². The molecule has 11 nitrogen and oxygen atoms in total. The molecule has 0 aromatic heterocycles. The van der Waals surface area contributed by atoms with Crippen molar-refractivity contribution in [2.75, 3.05) is 46.0 Å². The maximum absolute atomic E-state index is 12.7. The summed E-state index contributed by atoms with van der Waals surface area (Å²) >= 11 is 0. The molecule has 0 aliphatic carbocycles. The molecule has 33 heavy (non-hydrogen) atoms. The fourth-order valence-electron chi connectivity index (χ4n) is 3.38. The number of hydrogen-bond acceptors (Lipinski definition) is 8. The smallest absolute Gasteiger partial charge is 0.328 e. The van der Waals surface area contributed by atoms with Gasteiger partial charge >= 0.3 is 11.9 Å². The maximum Gasteiger partial charge on any atom is 0.328 e. The Kier molecular flexibility index (Phi) is 9.97. The molecular weight excluding hydrogens is 456 g/mol. The highest BCUT2D eigenvalue weighted by molar-refractivity contribution is 7.89. The number of fused-ring (bicyclic) bond motifs is 1. The van der Waals surface area contributed by atoms with Gasteiger partial charge in [0, 0.05) is 44.0 Å². The van der Waals surface area contributed by atoms with Crippen LogP contribution in [0.1, 0.15) is 22.8 Å². The summed E-state index contributed by atoms with van der Waals surface area (Å²) in [7, 11) is -3.68. The quantitative estimate of drug-likeness (QED) is 0.497. The zero-order valence-electron chi connectivity index (χ0n) is 18.3. The molecule has 182 valence electrons. The predicted molar refractivity (Wildman–Crippen MR) is 117 cm³/mol. The zero-order chi connectivity index (χ0) is 24.4. The maximum atomic E-state index is 12.7. The van der Waals surface area contributed by atoms with Gasteiger partial charge in [0.05, 0.1) is 31.6 Å². The fourth-order valence-corrected chi connectivity index (χ4v) is 4.93. The SMILES string of the molecule is CCOC(CN1CCOCC1)CN1C(=O)c2ccccc2CS1(=O)=O.O=C(O)C=CC(=O)O. The molecule has 2 heterocycles. The van der Waals surface area contributed by atoms with Crippen molar-refractivity contribution in [3.63, 3.8) is 0 Å². The summed E-state index contributed by atoms with van der Waals surface area (Å²) in [4.78, 5) is 34.0. The van der Waals surface area contributed by atoms with Crippen LogP contribution in [-0.4, -0.2) is 97.8 Å². The van der Waals surface area contributed by atoms with Crippen molar-refractivity contribution in [2.24, 2.45) is 0 Å². The molecule has 0 radical (unpaired) electrons. The molecule has 2 aliphatic rings. The third-order valence-electron chi connectivity index (χ3n) is 4.85. The second-order valence-corrected chi connectivity index (χ2v) is 9.14. The number of amides is 1. The van der Waals surface area contributed by atoms with Gasteiger partial charge in [-0.15, -0.1) is 0 Å². The molecule has 1 amide bonds. The van der Waals surface area contributed by atoms with Crippen LogP contribution in [0.5, 0.6) is 0 Å². The van der Waals surface area contributed by atoms with E-state index in [0.29, 0.717) is 49.6 Å². The summed E-state index contributed by atoms with van der Waals surface area (Å²) in [6, 6.07) is 6.87. The number of morpholine rings is 1. The molecule has 1 aromatic rings. The van der Waals surface area contributed by atoms with E-state index < -0.39 is 27.9 Å². The number of benzene rings is 1. The normalized spacial score (nSPS) is 18.8. The van der Waals surface area contributed by atoms with Gasteiger partial charge in [-0.1, -0.05) is 18.2 Å². The van der Waals surface area contributed by atoms with Crippen molar-refractivity contribution in [3.8, 4) is 0 Å². The first-order chi connectivity index (χ1) is 15.6. The van der Waals surface area contributed by atoms with Crippen LogP contribution < -0.4 is 0 Å². The number of rotatable bonds is 8. The monoisotopic (exact) mass is 484 g/mol. The Labute approximate surface area is 192 Å². The minimum atomic E-state index is -3.68. The Morgan fingerprint density at radius 3 is 2.30 bits per heavy atom. The van der Waals surface area contributed by atoms with E-state index in [9.17, 15) is 22.8 Å². The van der Waals surface area contributed by atoms with Gasteiger partial charge in [0.25, 0.3) is 5.91 Å². The van der Waals surface area contributed by atoms with E-state index in [1.807, 2.05) is 6.92 Å². The molecule has 0 bridgehead atoms. The van der Waals surface area contributed by atoms with Gasteiger partial charge in [-0.05, 0) is 18.6 Å². The molecule has 1 atom stereocenters. The summed E-state index contributed by atoms with van der Waals surface area (Å²) in [5, 5.41) is 15.6. The van der Waals surface area contributed by atoms with Crippen LogP contribution in [0.3, 0.4) is 0 Å². The number of carbonyl (C=O) groups excluding carboxylic acids is 1. The Morgan fingerprint density at radius 2 is 1.73 bits per heavy atom. The van der Waals surface area contributed by atoms with Crippen molar-refractivity contribution in [1.29, 1.82) is 0 Å². The van der Waals surface area contributed by atoms with Crippen molar-refractivity contribution in [2.45, 2.75) is 18.8 Å². The lowest BCUT2D eigenvalue weighted by Crippen LogP contribution is -2.50. The van der Waals surface area contributed by atoms with Crippen LogP contribution in [0.15, 0.2) is 36.4 Å². The molecular formula is C21H28N2O9S. The Balaban J connectivity index is 0.000000414. The highest BCUT2D eigenvalue weighted by Crippen LogP contribution is 2.25. The molecule has 1 fully saturated rings. The van der Waals surface area contributed by atoms with Crippen molar-refractivity contribution in [3.05, 3.63) is 47.5 Å². The molecule has 2 N–H and O–H groups in total. The second-order valence-electron chi connectivity index (χ2n) is 7.25. The van der Waals surface area contributed by atoms with Gasteiger partial charge < -0.3 is 19.7 Å². The topological polar surface area (TPSA) is 151 Å². The summed E-state index contributed by atoms with van der Waals surface area (Å²) in [6.07, 6.45) is 0.761. The lowest BCUT2D eigenvalue weighted by Gasteiger charge is -2.34. The average molecular weight is 485 g/mol. The van der Waals surface area contributed by atoms with E-state index in [4.69, 9.17) is 19.7 Å². The van der Waals surface area contributed by atoms with Gasteiger partial charge in [-0.2, -0.15) is 0 Å². The Morgan fingerprint density at radius 1 is 1.12 bits per heavy atom. The highest BCUT2D eigenvalue weighted by atomic mass is 32.2. The molecule has 1 saturated heterocycles. The molecule has 1 unspecified atom stereocenters. The first-order valence-electron chi connectivity index (χ1n) is 10.3. The molecule has 1 aromatic carbocycles. The fraction of sp³-hybridized carbons (Fsp3) is 0.476. The van der Waals surface area contributed by atoms with E-state index in [1.54, 1.807) is 24.3 Å². The first kappa shape index (κ1) is 26.5. The third-order valence-corrected chi connectivity index (χ3v) is 6.52. The number of aliphatic carboxylic acids is 2. The van der Waals surface area contributed by atoms with Crippen molar-refractivity contribution >= 4 is 27.9 Å². The largest absolute Gasteiger partial charge is 0.478 e. The number of carbonyl (C=O) groups is 3. The Bertz CT molecular complexity index is 956. The van der Waals surface area contributed by atoms with Crippen LogP contribution in [0, 0.1) is 0 Å². The minimum Gasteiger partial charge on any atom is -0.478 e. The summed E-state index contributed by atoms with van der Waals surface area (Å²) in [6.45, 7) is 5.85. The lowest BCUT2D eigenvalue weighted by atomic mass is 10.1. The van der Waals surface area contributed by atoms with E-state index >= 15 is 0 Å². The molecule has 12 heteroatoms. The van der Waals surface area contributed by atoms with Gasteiger partial charge in [0.1, 0.15) is 0 Å². The van der Waals surface area contributed by atoms with E-state index in [0.717, 1.165) is 17.4 Å². The van der Waals surface area contributed by atoms with Crippen molar-refractivity contribution < 1.29 is 42.5 Å². The van der Waals surface area contributed by atoms with Crippen LogP contribution in [0.2, 0.25) is 0 Å².